The molecule has 0 aliphatic heterocycles. The second-order valence-electron chi connectivity index (χ2n) is 4.86. The predicted molar refractivity (Wildman–Crippen MR) is 76.9 cm³/mol. The summed E-state index contributed by atoms with van der Waals surface area (Å²) in [6.07, 6.45) is 3.44. The minimum atomic E-state index is -0.0841. The van der Waals surface area contributed by atoms with Crippen molar-refractivity contribution in [1.82, 2.24) is 4.98 Å². The van der Waals surface area contributed by atoms with Crippen LogP contribution in [0.15, 0.2) is 42.6 Å². The van der Waals surface area contributed by atoms with Crippen LogP contribution in [0.25, 0.3) is 0 Å². The van der Waals surface area contributed by atoms with Crippen molar-refractivity contribution in [3.8, 4) is 5.75 Å². The van der Waals surface area contributed by atoms with Crippen molar-refractivity contribution in [3.63, 3.8) is 0 Å². The van der Waals surface area contributed by atoms with E-state index in [9.17, 15) is 4.79 Å². The molecule has 0 radical (unpaired) electrons. The molecule has 0 saturated carbocycles. The van der Waals surface area contributed by atoms with Crippen molar-refractivity contribution in [1.29, 1.82) is 0 Å². The highest BCUT2D eigenvalue weighted by Crippen LogP contribution is 2.33. The van der Waals surface area contributed by atoms with E-state index in [1.165, 1.54) is 5.56 Å². The number of aromatic nitrogens is 1. The number of ether oxygens (including phenoxy) is 1. The first kappa shape index (κ1) is 12.7. The zero-order valence-corrected chi connectivity index (χ0v) is 11.3. The van der Waals surface area contributed by atoms with Crippen LogP contribution in [-0.4, -0.2) is 18.0 Å². The zero-order chi connectivity index (χ0) is 13.9. The number of benzene rings is 1. The maximum absolute atomic E-state index is 12.4. The van der Waals surface area contributed by atoms with Gasteiger partial charge in [0.2, 0.25) is 5.91 Å². The molecule has 0 fully saturated rings. The van der Waals surface area contributed by atoms with Crippen LogP contribution in [0.2, 0.25) is 0 Å². The van der Waals surface area contributed by atoms with Gasteiger partial charge in [-0.25, -0.2) is 4.98 Å². The van der Waals surface area contributed by atoms with Gasteiger partial charge in [0, 0.05) is 12.3 Å². The van der Waals surface area contributed by atoms with E-state index in [1.54, 1.807) is 25.4 Å². The lowest BCUT2D eigenvalue weighted by Crippen LogP contribution is -2.20. The summed E-state index contributed by atoms with van der Waals surface area (Å²) in [6, 6.07) is 11.6. The van der Waals surface area contributed by atoms with Crippen molar-refractivity contribution in [2.45, 2.75) is 18.8 Å². The SMILES string of the molecule is COc1ccnc(NC(=O)C2CCc3ccccc32)c1. The van der Waals surface area contributed by atoms with E-state index < -0.39 is 0 Å². The molecule has 2 aromatic rings. The Labute approximate surface area is 117 Å². The maximum atomic E-state index is 12.4. The topological polar surface area (TPSA) is 51.2 Å². The first-order valence-electron chi connectivity index (χ1n) is 6.66. The molecule has 0 spiro atoms. The molecule has 1 heterocycles. The van der Waals surface area contributed by atoms with Crippen molar-refractivity contribution in [2.75, 3.05) is 12.4 Å². The van der Waals surface area contributed by atoms with E-state index in [4.69, 9.17) is 4.74 Å². The number of amides is 1. The van der Waals surface area contributed by atoms with Gasteiger partial charge < -0.3 is 10.1 Å². The molecule has 1 N–H and O–H groups in total. The zero-order valence-electron chi connectivity index (χ0n) is 11.3. The number of nitrogens with zero attached hydrogens (tertiary/aromatic N) is 1. The standard InChI is InChI=1S/C16H16N2O2/c1-20-12-8-9-17-15(10-12)18-16(19)14-7-6-11-4-2-3-5-13(11)14/h2-5,8-10,14H,6-7H2,1H3,(H,17,18,19). The van der Waals surface area contributed by atoms with Gasteiger partial charge in [0.05, 0.1) is 13.0 Å². The summed E-state index contributed by atoms with van der Waals surface area (Å²) in [7, 11) is 1.59. The summed E-state index contributed by atoms with van der Waals surface area (Å²) in [5, 5.41) is 2.87. The molecular weight excluding hydrogens is 252 g/mol. The summed E-state index contributed by atoms with van der Waals surface area (Å²) in [5.74, 6) is 1.12. The fourth-order valence-electron chi connectivity index (χ4n) is 2.65. The normalized spacial score (nSPS) is 16.6. The molecule has 3 rings (SSSR count). The van der Waals surface area contributed by atoms with E-state index >= 15 is 0 Å². The number of methoxy groups -OCH3 is 1. The minimum Gasteiger partial charge on any atom is -0.497 e. The Hall–Kier alpha value is -2.36. The van der Waals surface area contributed by atoms with Crippen molar-refractivity contribution < 1.29 is 9.53 Å². The lowest BCUT2D eigenvalue weighted by molar-refractivity contribution is -0.117. The van der Waals surface area contributed by atoms with Gasteiger partial charge in [-0.1, -0.05) is 24.3 Å². The van der Waals surface area contributed by atoms with E-state index in [0.29, 0.717) is 11.6 Å². The van der Waals surface area contributed by atoms with Gasteiger partial charge in [0.15, 0.2) is 0 Å². The van der Waals surface area contributed by atoms with Crippen LogP contribution < -0.4 is 10.1 Å². The quantitative estimate of drug-likeness (QED) is 0.931. The van der Waals surface area contributed by atoms with Crippen molar-refractivity contribution >= 4 is 11.7 Å². The van der Waals surface area contributed by atoms with Gasteiger partial charge in [-0.15, -0.1) is 0 Å². The number of pyridine rings is 1. The number of nitrogens with one attached hydrogen (secondary N) is 1. The molecule has 1 aromatic carbocycles. The Morgan fingerprint density at radius 2 is 2.20 bits per heavy atom. The van der Waals surface area contributed by atoms with Gasteiger partial charge in [-0.3, -0.25) is 4.79 Å². The molecule has 0 saturated heterocycles. The van der Waals surface area contributed by atoms with Crippen LogP contribution in [0.5, 0.6) is 5.75 Å². The number of hydrogen-bond acceptors (Lipinski definition) is 3. The van der Waals surface area contributed by atoms with Crippen LogP contribution in [-0.2, 0) is 11.2 Å². The summed E-state index contributed by atoms with van der Waals surface area (Å²) in [4.78, 5) is 16.5. The van der Waals surface area contributed by atoms with Crippen molar-refractivity contribution in [2.24, 2.45) is 0 Å². The fourth-order valence-corrected chi connectivity index (χ4v) is 2.65. The molecule has 1 aliphatic rings. The van der Waals surface area contributed by atoms with Gasteiger partial charge in [-0.2, -0.15) is 0 Å². The van der Waals surface area contributed by atoms with Crippen LogP contribution in [0.4, 0.5) is 5.82 Å². The van der Waals surface area contributed by atoms with Crippen molar-refractivity contribution in [3.05, 3.63) is 53.7 Å². The van der Waals surface area contributed by atoms with E-state index in [2.05, 4.69) is 16.4 Å². The third kappa shape index (κ3) is 2.37. The number of rotatable bonds is 3. The average Bonchev–Trinajstić information content (AvgIpc) is 2.91. The molecule has 1 unspecified atom stereocenters. The number of anilines is 1. The largest absolute Gasteiger partial charge is 0.497 e. The lowest BCUT2D eigenvalue weighted by atomic mass is 10.0. The average molecular weight is 268 g/mol. The smallest absolute Gasteiger partial charge is 0.233 e. The maximum Gasteiger partial charge on any atom is 0.233 e. The monoisotopic (exact) mass is 268 g/mol. The first-order chi connectivity index (χ1) is 9.78. The second-order valence-corrected chi connectivity index (χ2v) is 4.86. The molecule has 1 atom stereocenters. The molecule has 4 heteroatoms. The minimum absolute atomic E-state index is 0.00398. The van der Waals surface area contributed by atoms with E-state index in [0.717, 1.165) is 18.4 Å². The van der Waals surface area contributed by atoms with Crippen LogP contribution >= 0.6 is 0 Å². The predicted octanol–water partition coefficient (Wildman–Crippen LogP) is 2.76. The highest BCUT2D eigenvalue weighted by Gasteiger charge is 2.28. The summed E-state index contributed by atoms with van der Waals surface area (Å²) in [5.41, 5.74) is 2.40. The third-order valence-electron chi connectivity index (χ3n) is 3.67. The Morgan fingerprint density at radius 3 is 3.05 bits per heavy atom. The highest BCUT2D eigenvalue weighted by atomic mass is 16.5. The van der Waals surface area contributed by atoms with Crippen LogP contribution in [0.3, 0.4) is 0 Å². The Morgan fingerprint density at radius 1 is 1.35 bits per heavy atom. The summed E-state index contributed by atoms with van der Waals surface area (Å²) >= 11 is 0. The Bertz CT molecular complexity index is 640. The van der Waals surface area contributed by atoms with Gasteiger partial charge in [-0.05, 0) is 30.0 Å². The van der Waals surface area contributed by atoms with E-state index in [-0.39, 0.29) is 11.8 Å². The molecule has 1 aliphatic carbocycles. The molecule has 102 valence electrons. The molecule has 0 bridgehead atoms. The van der Waals surface area contributed by atoms with Gasteiger partial charge >= 0.3 is 0 Å². The van der Waals surface area contributed by atoms with Gasteiger partial charge in [0.25, 0.3) is 0 Å². The molecule has 20 heavy (non-hydrogen) atoms. The number of carbonyl (C=O) groups excluding carboxylic acids is 1. The Balaban J connectivity index is 1.77. The van der Waals surface area contributed by atoms with Gasteiger partial charge in [0.1, 0.15) is 11.6 Å². The fraction of sp³-hybridized carbons (Fsp3) is 0.250. The lowest BCUT2D eigenvalue weighted by Gasteiger charge is -2.12. The second kappa shape index (κ2) is 5.33. The first-order valence-corrected chi connectivity index (χ1v) is 6.66. The number of hydrogen-bond donors (Lipinski definition) is 1. The molecule has 1 aromatic heterocycles. The number of fused-ring (bicyclic) bond motifs is 1. The molecular formula is C16H16N2O2. The molecule has 1 amide bonds. The van der Waals surface area contributed by atoms with Crippen LogP contribution in [0, 0.1) is 0 Å². The van der Waals surface area contributed by atoms with Crippen LogP contribution in [0.1, 0.15) is 23.5 Å². The Kier molecular flexibility index (Phi) is 3.37. The third-order valence-corrected chi connectivity index (χ3v) is 3.67. The summed E-state index contributed by atoms with van der Waals surface area (Å²) < 4.78 is 5.13. The van der Waals surface area contributed by atoms with E-state index in [1.807, 2.05) is 18.2 Å². The number of carbonyl (C=O) groups is 1. The summed E-state index contributed by atoms with van der Waals surface area (Å²) in [6.45, 7) is 0. The molecule has 4 nitrogen and oxygen atoms in total. The highest BCUT2D eigenvalue weighted by molar-refractivity contribution is 5.96. The number of aryl methyl sites for hydroxylation is 1.